The fraction of sp³-hybridized carbons (Fsp3) is 0.611. The molecule has 142 valence electrons. The zero-order valence-corrected chi connectivity index (χ0v) is 17.8. The number of benzene rings is 1. The topological polar surface area (TPSA) is 78.1 Å². The summed E-state index contributed by atoms with van der Waals surface area (Å²) in [5, 5.41) is 3.10. The molecule has 1 aromatic carbocycles. The summed E-state index contributed by atoms with van der Waals surface area (Å²) in [7, 11) is 3.21. The van der Waals surface area contributed by atoms with Gasteiger partial charge in [-0.1, -0.05) is 13.8 Å². The minimum absolute atomic E-state index is 0. The molecule has 7 heteroatoms. The van der Waals surface area contributed by atoms with E-state index in [-0.39, 0.29) is 30.1 Å². The van der Waals surface area contributed by atoms with E-state index in [1.165, 1.54) is 0 Å². The minimum Gasteiger partial charge on any atom is -0.493 e. The van der Waals surface area contributed by atoms with Crippen LogP contribution in [0.15, 0.2) is 23.2 Å². The molecule has 2 unspecified atom stereocenters. The molecule has 25 heavy (non-hydrogen) atoms. The van der Waals surface area contributed by atoms with Gasteiger partial charge >= 0.3 is 0 Å². The van der Waals surface area contributed by atoms with Crippen LogP contribution in [0, 0.1) is 11.8 Å². The van der Waals surface area contributed by atoms with Gasteiger partial charge in [0.15, 0.2) is 17.5 Å². The van der Waals surface area contributed by atoms with Crippen molar-refractivity contribution in [3.63, 3.8) is 0 Å². The molecule has 2 rings (SSSR count). The lowest BCUT2D eigenvalue weighted by molar-refractivity contribution is -0.0491. The number of rotatable bonds is 6. The Hall–Kier alpha value is -1.22. The molecule has 0 saturated carbocycles. The van der Waals surface area contributed by atoms with Crippen LogP contribution in [0.5, 0.6) is 11.5 Å². The fourth-order valence-electron chi connectivity index (χ4n) is 3.11. The number of hydrogen-bond donors (Lipinski definition) is 2. The number of nitrogens with one attached hydrogen (secondary N) is 1. The number of guanidine groups is 1. The Labute approximate surface area is 167 Å². The summed E-state index contributed by atoms with van der Waals surface area (Å²) < 4.78 is 16.4. The van der Waals surface area contributed by atoms with Crippen molar-refractivity contribution in [3.8, 4) is 11.5 Å². The molecule has 6 nitrogen and oxygen atoms in total. The van der Waals surface area contributed by atoms with Crippen LogP contribution >= 0.6 is 24.0 Å². The van der Waals surface area contributed by atoms with Gasteiger partial charge in [-0.15, -0.1) is 24.0 Å². The zero-order valence-electron chi connectivity index (χ0n) is 15.5. The third-order valence-corrected chi connectivity index (χ3v) is 4.30. The van der Waals surface area contributed by atoms with Gasteiger partial charge < -0.3 is 25.3 Å². The molecular weight excluding hydrogens is 433 g/mol. The lowest BCUT2D eigenvalue weighted by atomic mass is 9.87. The van der Waals surface area contributed by atoms with Gasteiger partial charge in [0.05, 0.1) is 20.3 Å². The van der Waals surface area contributed by atoms with E-state index >= 15 is 0 Å². The van der Waals surface area contributed by atoms with E-state index in [2.05, 4.69) is 24.2 Å². The standard InChI is InChI=1S/C18H29N3O3.HI/c1-12(2)17-13(6-5-9-24-17)11-20-18(19)21-14-7-8-15(22-3)16(10-14)23-4;/h7-8,10,12-13,17H,5-6,9,11H2,1-4H3,(H3,19,20,21);1H. The summed E-state index contributed by atoms with van der Waals surface area (Å²) >= 11 is 0. The molecule has 2 atom stereocenters. The van der Waals surface area contributed by atoms with Gasteiger partial charge in [0.1, 0.15) is 0 Å². The molecule has 1 saturated heterocycles. The predicted molar refractivity (Wildman–Crippen MR) is 112 cm³/mol. The highest BCUT2D eigenvalue weighted by Crippen LogP contribution is 2.30. The molecule has 1 aliphatic heterocycles. The van der Waals surface area contributed by atoms with Crippen LogP contribution < -0.4 is 20.5 Å². The van der Waals surface area contributed by atoms with Gasteiger partial charge in [-0.25, -0.2) is 0 Å². The second kappa shape index (κ2) is 10.7. The summed E-state index contributed by atoms with van der Waals surface area (Å²) in [5.74, 6) is 2.64. The average Bonchev–Trinajstić information content (AvgIpc) is 2.60. The summed E-state index contributed by atoms with van der Waals surface area (Å²) in [6.07, 6.45) is 2.49. The molecule has 0 spiro atoms. The van der Waals surface area contributed by atoms with Crippen LogP contribution in [0.25, 0.3) is 0 Å². The van der Waals surface area contributed by atoms with Crippen LogP contribution in [-0.2, 0) is 4.74 Å². The Balaban J connectivity index is 0.00000312. The van der Waals surface area contributed by atoms with Crippen LogP contribution in [0.3, 0.4) is 0 Å². The Bertz CT molecular complexity index is 566. The third kappa shape index (κ3) is 6.22. The third-order valence-electron chi connectivity index (χ3n) is 4.30. The Morgan fingerprint density at radius 1 is 1.32 bits per heavy atom. The van der Waals surface area contributed by atoms with Gasteiger partial charge in [0.2, 0.25) is 0 Å². The molecule has 0 aromatic heterocycles. The van der Waals surface area contributed by atoms with Crippen LogP contribution in [0.4, 0.5) is 5.69 Å². The number of nitrogens with two attached hydrogens (primary N) is 1. The van der Waals surface area contributed by atoms with Crippen molar-refractivity contribution in [3.05, 3.63) is 18.2 Å². The monoisotopic (exact) mass is 463 g/mol. The number of halogens is 1. The van der Waals surface area contributed by atoms with Crippen molar-refractivity contribution >= 4 is 35.6 Å². The van der Waals surface area contributed by atoms with Crippen molar-refractivity contribution in [1.82, 2.24) is 0 Å². The number of hydrogen-bond acceptors (Lipinski definition) is 4. The van der Waals surface area contributed by atoms with Crippen molar-refractivity contribution in [2.45, 2.75) is 32.8 Å². The Morgan fingerprint density at radius 3 is 2.68 bits per heavy atom. The average molecular weight is 463 g/mol. The van der Waals surface area contributed by atoms with Gasteiger partial charge in [0.25, 0.3) is 0 Å². The number of anilines is 1. The highest BCUT2D eigenvalue weighted by atomic mass is 127. The largest absolute Gasteiger partial charge is 0.493 e. The second-order valence-corrected chi connectivity index (χ2v) is 6.40. The van der Waals surface area contributed by atoms with E-state index < -0.39 is 0 Å². The molecule has 1 heterocycles. The van der Waals surface area contributed by atoms with Gasteiger partial charge in [-0.2, -0.15) is 0 Å². The normalized spacial score (nSPS) is 20.8. The summed E-state index contributed by atoms with van der Waals surface area (Å²) in [4.78, 5) is 4.51. The first kappa shape index (κ1) is 21.8. The van der Waals surface area contributed by atoms with Crippen molar-refractivity contribution in [1.29, 1.82) is 0 Å². The first-order valence-electron chi connectivity index (χ1n) is 8.45. The highest BCUT2D eigenvalue weighted by Gasteiger charge is 2.28. The smallest absolute Gasteiger partial charge is 0.193 e. The van der Waals surface area contributed by atoms with E-state index in [4.69, 9.17) is 19.9 Å². The van der Waals surface area contributed by atoms with E-state index in [1.807, 2.05) is 18.2 Å². The maximum atomic E-state index is 6.03. The van der Waals surface area contributed by atoms with E-state index in [0.29, 0.717) is 35.8 Å². The lowest BCUT2D eigenvalue weighted by Gasteiger charge is -2.33. The first-order chi connectivity index (χ1) is 11.5. The summed E-state index contributed by atoms with van der Waals surface area (Å²) in [6, 6.07) is 5.55. The molecule has 0 bridgehead atoms. The maximum absolute atomic E-state index is 6.03. The Kier molecular flexibility index (Phi) is 9.34. The molecule has 1 fully saturated rings. The van der Waals surface area contributed by atoms with E-state index in [1.54, 1.807) is 14.2 Å². The van der Waals surface area contributed by atoms with Crippen LogP contribution in [-0.4, -0.2) is 39.4 Å². The first-order valence-corrected chi connectivity index (χ1v) is 8.45. The molecule has 3 N–H and O–H groups in total. The van der Waals surface area contributed by atoms with E-state index in [0.717, 1.165) is 25.1 Å². The predicted octanol–water partition coefficient (Wildman–Crippen LogP) is 3.50. The van der Waals surface area contributed by atoms with Crippen molar-refractivity contribution in [2.75, 3.05) is 32.7 Å². The van der Waals surface area contributed by atoms with Crippen molar-refractivity contribution in [2.24, 2.45) is 22.6 Å². The highest BCUT2D eigenvalue weighted by molar-refractivity contribution is 14.0. The Morgan fingerprint density at radius 2 is 2.04 bits per heavy atom. The van der Waals surface area contributed by atoms with Gasteiger partial charge in [-0.05, 0) is 30.9 Å². The lowest BCUT2D eigenvalue weighted by Crippen LogP contribution is -2.36. The number of aliphatic imine (C=N–C) groups is 1. The molecule has 1 aromatic rings. The second-order valence-electron chi connectivity index (χ2n) is 6.40. The van der Waals surface area contributed by atoms with Gasteiger partial charge in [0, 0.05) is 30.8 Å². The molecule has 1 aliphatic rings. The quantitative estimate of drug-likeness (QED) is 0.384. The maximum Gasteiger partial charge on any atom is 0.193 e. The van der Waals surface area contributed by atoms with E-state index in [9.17, 15) is 0 Å². The molecule has 0 radical (unpaired) electrons. The van der Waals surface area contributed by atoms with Crippen LogP contribution in [0.2, 0.25) is 0 Å². The summed E-state index contributed by atoms with van der Waals surface area (Å²) in [5.41, 5.74) is 6.85. The summed E-state index contributed by atoms with van der Waals surface area (Å²) in [6.45, 7) is 5.91. The zero-order chi connectivity index (χ0) is 17.5. The van der Waals surface area contributed by atoms with Crippen molar-refractivity contribution < 1.29 is 14.2 Å². The van der Waals surface area contributed by atoms with Gasteiger partial charge in [-0.3, -0.25) is 4.99 Å². The number of methoxy groups -OCH3 is 2. The minimum atomic E-state index is 0. The molecule has 0 amide bonds. The number of nitrogens with zero attached hydrogens (tertiary/aromatic N) is 1. The fourth-order valence-corrected chi connectivity index (χ4v) is 3.11. The number of ether oxygens (including phenoxy) is 3. The molecule has 0 aliphatic carbocycles. The molecular formula is C18H30IN3O3. The van der Waals surface area contributed by atoms with Crippen LogP contribution in [0.1, 0.15) is 26.7 Å². The SMILES string of the molecule is COc1ccc(NC(N)=NCC2CCCOC2C(C)C)cc1OC.I.